The zero-order chi connectivity index (χ0) is 14.2. The Morgan fingerprint density at radius 1 is 1.05 bits per heavy atom. The number of nitrogens with zero attached hydrogens (tertiary/aromatic N) is 1. The van der Waals surface area contributed by atoms with E-state index in [1.54, 1.807) is 0 Å². The van der Waals surface area contributed by atoms with Gasteiger partial charge < -0.3 is 15.0 Å². The lowest BCUT2D eigenvalue weighted by Crippen LogP contribution is -2.27. The second-order valence-electron chi connectivity index (χ2n) is 5.12. The minimum atomic E-state index is 0.731. The smallest absolute Gasteiger partial charge is 0.120 e. The molecule has 0 aliphatic rings. The third kappa shape index (κ3) is 4.51. The molecule has 0 saturated heterocycles. The molecule has 0 heterocycles. The molecule has 2 aromatic carbocycles. The highest BCUT2D eigenvalue weighted by atomic mass is 16.5. The predicted molar refractivity (Wildman–Crippen MR) is 85.5 cm³/mol. The van der Waals surface area contributed by atoms with Gasteiger partial charge in [-0.05, 0) is 56.5 Å². The summed E-state index contributed by atoms with van der Waals surface area (Å²) in [5, 5.41) is 5.65. The van der Waals surface area contributed by atoms with E-state index in [1.807, 2.05) is 13.1 Å². The molecule has 0 atom stereocenters. The molecule has 2 aromatic rings. The summed E-state index contributed by atoms with van der Waals surface area (Å²) in [6, 6.07) is 14.6. The van der Waals surface area contributed by atoms with Crippen molar-refractivity contribution in [2.45, 2.75) is 6.42 Å². The summed E-state index contributed by atoms with van der Waals surface area (Å²) in [5.74, 6) is 0.951. The van der Waals surface area contributed by atoms with Crippen LogP contribution in [0.1, 0.15) is 6.42 Å². The van der Waals surface area contributed by atoms with E-state index >= 15 is 0 Å². The molecular formula is C17H24N2O. The number of ether oxygens (including phenoxy) is 1. The Morgan fingerprint density at radius 2 is 1.85 bits per heavy atom. The molecular weight excluding hydrogens is 248 g/mol. The van der Waals surface area contributed by atoms with Gasteiger partial charge in [-0.25, -0.2) is 0 Å². The van der Waals surface area contributed by atoms with Gasteiger partial charge in [0, 0.05) is 6.54 Å². The molecule has 0 saturated carbocycles. The van der Waals surface area contributed by atoms with E-state index in [1.165, 1.54) is 17.2 Å². The fraction of sp³-hybridized carbons (Fsp3) is 0.412. The van der Waals surface area contributed by atoms with E-state index in [-0.39, 0.29) is 0 Å². The number of rotatable bonds is 8. The summed E-state index contributed by atoms with van der Waals surface area (Å²) < 4.78 is 5.83. The van der Waals surface area contributed by atoms with Crippen molar-refractivity contribution in [3.8, 4) is 5.75 Å². The molecule has 0 fully saturated rings. The lowest BCUT2D eigenvalue weighted by atomic mass is 10.1. The van der Waals surface area contributed by atoms with Gasteiger partial charge in [-0.2, -0.15) is 0 Å². The minimum Gasteiger partial charge on any atom is -0.492 e. The summed E-state index contributed by atoms with van der Waals surface area (Å²) >= 11 is 0. The summed E-state index contributed by atoms with van der Waals surface area (Å²) in [6.07, 6.45) is 1.17. The second kappa shape index (κ2) is 7.88. The van der Waals surface area contributed by atoms with E-state index in [0.29, 0.717) is 0 Å². The van der Waals surface area contributed by atoms with Gasteiger partial charge in [0.05, 0.1) is 0 Å². The Kier molecular flexibility index (Phi) is 5.84. The predicted octanol–water partition coefficient (Wildman–Crippen LogP) is 2.76. The van der Waals surface area contributed by atoms with Crippen LogP contribution in [0.5, 0.6) is 5.75 Å². The van der Waals surface area contributed by atoms with Crippen LogP contribution in [0.3, 0.4) is 0 Å². The molecule has 0 bridgehead atoms. The number of fused-ring (bicyclic) bond motifs is 1. The van der Waals surface area contributed by atoms with Gasteiger partial charge in [-0.15, -0.1) is 0 Å². The molecule has 20 heavy (non-hydrogen) atoms. The Labute approximate surface area is 121 Å². The van der Waals surface area contributed by atoms with Gasteiger partial charge in [-0.3, -0.25) is 0 Å². The van der Waals surface area contributed by atoms with Crippen molar-refractivity contribution in [1.29, 1.82) is 0 Å². The van der Waals surface area contributed by atoms with Crippen LogP contribution in [0.15, 0.2) is 42.5 Å². The topological polar surface area (TPSA) is 24.5 Å². The highest BCUT2D eigenvalue weighted by Crippen LogP contribution is 2.20. The van der Waals surface area contributed by atoms with Crippen LogP contribution in [-0.2, 0) is 0 Å². The van der Waals surface area contributed by atoms with Crippen molar-refractivity contribution in [2.75, 3.05) is 40.3 Å². The summed E-state index contributed by atoms with van der Waals surface area (Å²) in [7, 11) is 4.13. The van der Waals surface area contributed by atoms with Gasteiger partial charge >= 0.3 is 0 Å². The Morgan fingerprint density at radius 3 is 2.65 bits per heavy atom. The molecule has 2 rings (SSSR count). The van der Waals surface area contributed by atoms with Crippen LogP contribution in [0.25, 0.3) is 10.8 Å². The molecule has 0 spiro atoms. The zero-order valence-electron chi connectivity index (χ0n) is 12.4. The quantitative estimate of drug-likeness (QED) is 0.748. The summed E-state index contributed by atoms with van der Waals surface area (Å²) in [5.41, 5.74) is 0. The number of hydrogen-bond acceptors (Lipinski definition) is 3. The average molecular weight is 272 g/mol. The van der Waals surface area contributed by atoms with Crippen LogP contribution >= 0.6 is 0 Å². The van der Waals surface area contributed by atoms with E-state index in [2.05, 4.69) is 53.7 Å². The fourth-order valence-electron chi connectivity index (χ4n) is 2.21. The lowest BCUT2D eigenvalue weighted by Gasteiger charge is -2.16. The maximum atomic E-state index is 5.83. The summed E-state index contributed by atoms with van der Waals surface area (Å²) in [4.78, 5) is 2.30. The van der Waals surface area contributed by atoms with E-state index in [0.717, 1.165) is 32.0 Å². The lowest BCUT2D eigenvalue weighted by molar-refractivity contribution is 0.236. The highest BCUT2D eigenvalue weighted by Gasteiger charge is 2.00. The Balaban J connectivity index is 1.78. The van der Waals surface area contributed by atoms with E-state index in [4.69, 9.17) is 4.74 Å². The molecule has 0 unspecified atom stereocenters. The molecule has 108 valence electrons. The third-order valence-electron chi connectivity index (χ3n) is 3.43. The highest BCUT2D eigenvalue weighted by molar-refractivity contribution is 5.83. The number of hydrogen-bond donors (Lipinski definition) is 1. The molecule has 0 aliphatic heterocycles. The standard InChI is InChI=1S/C17H24N2O/c1-18-10-5-11-19(2)12-13-20-17-9-8-15-6-3-4-7-16(15)14-17/h3-4,6-9,14,18H,5,10-13H2,1-2H3. The first-order chi connectivity index (χ1) is 9.79. The maximum Gasteiger partial charge on any atom is 0.120 e. The van der Waals surface area contributed by atoms with Crippen LogP contribution in [-0.4, -0.2) is 45.2 Å². The normalized spacial score (nSPS) is 11.2. The van der Waals surface area contributed by atoms with Crippen LogP contribution in [0.4, 0.5) is 0 Å². The number of nitrogens with one attached hydrogen (secondary N) is 1. The first-order valence-electron chi connectivity index (χ1n) is 7.24. The first-order valence-corrected chi connectivity index (χ1v) is 7.24. The first kappa shape index (κ1) is 14.8. The van der Waals surface area contributed by atoms with Gasteiger partial charge in [-0.1, -0.05) is 30.3 Å². The molecule has 0 aliphatic carbocycles. The van der Waals surface area contributed by atoms with Crippen molar-refractivity contribution < 1.29 is 4.74 Å². The molecule has 0 amide bonds. The van der Waals surface area contributed by atoms with Crippen molar-refractivity contribution in [1.82, 2.24) is 10.2 Å². The second-order valence-corrected chi connectivity index (χ2v) is 5.12. The van der Waals surface area contributed by atoms with E-state index < -0.39 is 0 Å². The van der Waals surface area contributed by atoms with E-state index in [9.17, 15) is 0 Å². The zero-order valence-corrected chi connectivity index (χ0v) is 12.4. The largest absolute Gasteiger partial charge is 0.492 e. The molecule has 0 aromatic heterocycles. The molecule has 1 N–H and O–H groups in total. The van der Waals surface area contributed by atoms with Crippen LogP contribution < -0.4 is 10.1 Å². The fourth-order valence-corrected chi connectivity index (χ4v) is 2.21. The van der Waals surface area contributed by atoms with Gasteiger partial charge in [0.25, 0.3) is 0 Å². The van der Waals surface area contributed by atoms with Crippen LogP contribution in [0.2, 0.25) is 0 Å². The van der Waals surface area contributed by atoms with Crippen molar-refractivity contribution in [3.63, 3.8) is 0 Å². The summed E-state index contributed by atoms with van der Waals surface area (Å²) in [6.45, 7) is 3.85. The number of likely N-dealkylation sites (N-methyl/N-ethyl adjacent to an activating group) is 1. The minimum absolute atomic E-state index is 0.731. The Bertz CT molecular complexity index is 527. The SMILES string of the molecule is CNCCCN(C)CCOc1ccc2ccccc2c1. The van der Waals surface area contributed by atoms with Gasteiger partial charge in [0.15, 0.2) is 0 Å². The molecule has 3 heteroatoms. The van der Waals surface area contributed by atoms with Gasteiger partial charge in [0.2, 0.25) is 0 Å². The van der Waals surface area contributed by atoms with Crippen LogP contribution in [0, 0.1) is 0 Å². The Hall–Kier alpha value is -1.58. The van der Waals surface area contributed by atoms with Gasteiger partial charge in [0.1, 0.15) is 12.4 Å². The monoisotopic (exact) mass is 272 g/mol. The van der Waals surface area contributed by atoms with Crippen molar-refractivity contribution in [2.24, 2.45) is 0 Å². The average Bonchev–Trinajstić information content (AvgIpc) is 2.47. The number of benzene rings is 2. The van der Waals surface area contributed by atoms with Crippen molar-refractivity contribution in [3.05, 3.63) is 42.5 Å². The molecule has 0 radical (unpaired) electrons. The maximum absolute atomic E-state index is 5.83. The molecule has 3 nitrogen and oxygen atoms in total. The third-order valence-corrected chi connectivity index (χ3v) is 3.43. The van der Waals surface area contributed by atoms with Crippen molar-refractivity contribution >= 4 is 10.8 Å².